The molecular formula is C21H27N5O2. The van der Waals surface area contributed by atoms with Gasteiger partial charge in [-0.2, -0.15) is 0 Å². The Morgan fingerprint density at radius 3 is 2.75 bits per heavy atom. The highest BCUT2D eigenvalue weighted by atomic mass is 16.5. The molecule has 0 aliphatic carbocycles. The molecule has 7 heteroatoms. The normalized spacial score (nSPS) is 21.9. The van der Waals surface area contributed by atoms with Crippen LogP contribution in [-0.4, -0.2) is 60.6 Å². The Bertz CT molecular complexity index is 868. The summed E-state index contributed by atoms with van der Waals surface area (Å²) in [6, 6.07) is 5.80. The smallest absolute Gasteiger partial charge is 0.252 e. The summed E-state index contributed by atoms with van der Waals surface area (Å²) in [5, 5.41) is 3.33. The number of ether oxygens (including phenoxy) is 1. The van der Waals surface area contributed by atoms with Crippen molar-refractivity contribution in [3.05, 3.63) is 47.3 Å². The quantitative estimate of drug-likeness (QED) is 0.872. The third-order valence-electron chi connectivity index (χ3n) is 5.74. The molecule has 1 aromatic carbocycles. The Hall–Kier alpha value is -2.67. The van der Waals surface area contributed by atoms with Crippen molar-refractivity contribution in [2.75, 3.05) is 39.2 Å². The SMILES string of the molecule is COc1ccc2c(c1)C(=O)N[C@@]1(CC2)CCN(Cc2cnc(N(C)C)nc2)C1. The highest BCUT2D eigenvalue weighted by Crippen LogP contribution is 2.32. The van der Waals surface area contributed by atoms with Crippen LogP contribution in [0.4, 0.5) is 5.95 Å². The number of carbonyl (C=O) groups is 1. The van der Waals surface area contributed by atoms with Crippen LogP contribution >= 0.6 is 0 Å². The van der Waals surface area contributed by atoms with E-state index in [0.29, 0.717) is 5.95 Å². The van der Waals surface area contributed by atoms with Gasteiger partial charge in [-0.25, -0.2) is 9.97 Å². The van der Waals surface area contributed by atoms with Crippen LogP contribution in [0, 0.1) is 0 Å². The molecule has 4 rings (SSSR count). The summed E-state index contributed by atoms with van der Waals surface area (Å²) in [5.41, 5.74) is 2.76. The van der Waals surface area contributed by atoms with Gasteiger partial charge in [-0.3, -0.25) is 9.69 Å². The first kappa shape index (κ1) is 18.7. The largest absolute Gasteiger partial charge is 0.497 e. The zero-order valence-electron chi connectivity index (χ0n) is 16.7. The first-order valence-corrected chi connectivity index (χ1v) is 9.68. The van der Waals surface area contributed by atoms with Crippen LogP contribution in [0.25, 0.3) is 0 Å². The number of benzene rings is 1. The zero-order valence-corrected chi connectivity index (χ0v) is 16.7. The summed E-state index contributed by atoms with van der Waals surface area (Å²) in [4.78, 5) is 26.0. The van der Waals surface area contributed by atoms with Gasteiger partial charge in [0.05, 0.1) is 12.6 Å². The molecule has 2 aromatic rings. The van der Waals surface area contributed by atoms with Gasteiger partial charge in [0.2, 0.25) is 5.95 Å². The lowest BCUT2D eigenvalue weighted by Crippen LogP contribution is -2.49. The minimum absolute atomic E-state index is 0.00641. The van der Waals surface area contributed by atoms with Crippen molar-refractivity contribution in [3.63, 3.8) is 0 Å². The van der Waals surface area contributed by atoms with E-state index in [2.05, 4.69) is 20.2 Å². The highest BCUT2D eigenvalue weighted by Gasteiger charge is 2.41. The number of carbonyl (C=O) groups excluding carboxylic acids is 1. The molecule has 0 saturated carbocycles. The van der Waals surface area contributed by atoms with Crippen molar-refractivity contribution in [3.8, 4) is 5.75 Å². The molecule has 0 bridgehead atoms. The third-order valence-corrected chi connectivity index (χ3v) is 5.74. The van der Waals surface area contributed by atoms with Crippen molar-refractivity contribution < 1.29 is 9.53 Å². The number of aromatic nitrogens is 2. The highest BCUT2D eigenvalue weighted by molar-refractivity contribution is 5.97. The first-order chi connectivity index (χ1) is 13.5. The number of hydrogen-bond donors (Lipinski definition) is 1. The van der Waals surface area contributed by atoms with Crippen molar-refractivity contribution in [2.24, 2.45) is 0 Å². The Morgan fingerprint density at radius 2 is 2.04 bits per heavy atom. The number of hydrogen-bond acceptors (Lipinski definition) is 6. The molecule has 1 atom stereocenters. The molecule has 0 radical (unpaired) electrons. The molecule has 3 heterocycles. The molecule has 2 aliphatic rings. The number of nitrogens with zero attached hydrogens (tertiary/aromatic N) is 4. The Kier molecular flexibility index (Phi) is 4.93. The van der Waals surface area contributed by atoms with Gasteiger partial charge < -0.3 is 15.0 Å². The topological polar surface area (TPSA) is 70.6 Å². The maximum absolute atomic E-state index is 12.9. The number of anilines is 1. The molecule has 2 aliphatic heterocycles. The van der Waals surface area contributed by atoms with E-state index < -0.39 is 0 Å². The zero-order chi connectivity index (χ0) is 19.7. The average molecular weight is 381 g/mol. The van der Waals surface area contributed by atoms with E-state index in [0.717, 1.165) is 61.3 Å². The number of aryl methyl sites for hydroxylation is 1. The molecule has 1 saturated heterocycles. The molecule has 1 fully saturated rings. The van der Waals surface area contributed by atoms with Crippen LogP contribution in [0.2, 0.25) is 0 Å². The lowest BCUT2D eigenvalue weighted by molar-refractivity contribution is 0.0901. The minimum atomic E-state index is -0.173. The van der Waals surface area contributed by atoms with Crippen molar-refractivity contribution in [1.29, 1.82) is 0 Å². The van der Waals surface area contributed by atoms with Crippen LogP contribution in [0.3, 0.4) is 0 Å². The number of likely N-dealkylation sites (tertiary alicyclic amines) is 1. The van der Waals surface area contributed by atoms with E-state index >= 15 is 0 Å². The molecule has 1 N–H and O–H groups in total. The minimum Gasteiger partial charge on any atom is -0.497 e. The van der Waals surface area contributed by atoms with Crippen LogP contribution < -0.4 is 15.0 Å². The summed E-state index contributed by atoms with van der Waals surface area (Å²) in [7, 11) is 5.49. The van der Waals surface area contributed by atoms with Gasteiger partial charge in [0.15, 0.2) is 0 Å². The van der Waals surface area contributed by atoms with E-state index in [9.17, 15) is 4.79 Å². The molecule has 1 aromatic heterocycles. The summed E-state index contributed by atoms with van der Waals surface area (Å²) in [6.45, 7) is 2.60. The van der Waals surface area contributed by atoms with E-state index in [1.54, 1.807) is 7.11 Å². The number of methoxy groups -OCH3 is 1. The van der Waals surface area contributed by atoms with Gasteiger partial charge in [0.1, 0.15) is 5.75 Å². The molecule has 7 nitrogen and oxygen atoms in total. The second kappa shape index (κ2) is 7.39. The maximum atomic E-state index is 12.9. The number of fused-ring (bicyclic) bond motifs is 1. The van der Waals surface area contributed by atoms with E-state index in [4.69, 9.17) is 4.74 Å². The van der Waals surface area contributed by atoms with E-state index in [-0.39, 0.29) is 11.4 Å². The summed E-state index contributed by atoms with van der Waals surface area (Å²) in [6.07, 6.45) is 6.58. The van der Waals surface area contributed by atoms with Gasteiger partial charge in [0, 0.05) is 57.3 Å². The van der Waals surface area contributed by atoms with Crippen LogP contribution in [-0.2, 0) is 13.0 Å². The van der Waals surface area contributed by atoms with Crippen molar-refractivity contribution in [1.82, 2.24) is 20.2 Å². The summed E-state index contributed by atoms with van der Waals surface area (Å²) < 4.78 is 5.29. The van der Waals surface area contributed by atoms with Gasteiger partial charge >= 0.3 is 0 Å². The fraction of sp³-hybridized carbons (Fsp3) is 0.476. The van der Waals surface area contributed by atoms with E-state index in [1.807, 2.05) is 49.6 Å². The third kappa shape index (κ3) is 3.67. The van der Waals surface area contributed by atoms with Crippen LogP contribution in [0.1, 0.15) is 34.3 Å². The molecule has 1 amide bonds. The second-order valence-corrected chi connectivity index (χ2v) is 8.00. The van der Waals surface area contributed by atoms with E-state index in [1.165, 1.54) is 0 Å². The standard InChI is InChI=1S/C21H27N5O2/c1-25(2)20-22-11-15(12-23-20)13-26-9-8-21(14-26)7-6-16-4-5-17(28-3)10-18(16)19(27)24-21/h4-5,10-12H,6-9,13-14H2,1-3H3,(H,24,27)/t21-/m0/s1. The summed E-state index contributed by atoms with van der Waals surface area (Å²) in [5.74, 6) is 1.44. The predicted molar refractivity (Wildman–Crippen MR) is 108 cm³/mol. The average Bonchev–Trinajstić information content (AvgIpc) is 3.02. The molecule has 0 unspecified atom stereocenters. The van der Waals surface area contributed by atoms with Crippen molar-refractivity contribution in [2.45, 2.75) is 31.3 Å². The van der Waals surface area contributed by atoms with Crippen LogP contribution in [0.5, 0.6) is 5.75 Å². The van der Waals surface area contributed by atoms with Gasteiger partial charge in [-0.15, -0.1) is 0 Å². The first-order valence-electron chi connectivity index (χ1n) is 9.68. The second-order valence-electron chi connectivity index (χ2n) is 8.00. The van der Waals surface area contributed by atoms with Gasteiger partial charge in [0.25, 0.3) is 5.91 Å². The lowest BCUT2D eigenvalue weighted by atomic mass is 9.91. The van der Waals surface area contributed by atoms with Gasteiger partial charge in [-0.05, 0) is 37.0 Å². The van der Waals surface area contributed by atoms with Crippen LogP contribution in [0.15, 0.2) is 30.6 Å². The summed E-state index contributed by atoms with van der Waals surface area (Å²) >= 11 is 0. The molecular weight excluding hydrogens is 354 g/mol. The van der Waals surface area contributed by atoms with Gasteiger partial charge in [-0.1, -0.05) is 6.07 Å². The maximum Gasteiger partial charge on any atom is 0.252 e. The molecule has 1 spiro atoms. The predicted octanol–water partition coefficient (Wildman–Crippen LogP) is 1.87. The fourth-order valence-corrected chi connectivity index (χ4v) is 4.17. The fourth-order valence-electron chi connectivity index (χ4n) is 4.17. The number of nitrogens with one attached hydrogen (secondary N) is 1. The Morgan fingerprint density at radius 1 is 1.25 bits per heavy atom. The number of rotatable bonds is 4. The monoisotopic (exact) mass is 381 g/mol. The lowest BCUT2D eigenvalue weighted by Gasteiger charge is -2.29. The Labute approximate surface area is 165 Å². The Balaban J connectivity index is 1.45. The molecule has 28 heavy (non-hydrogen) atoms. The van der Waals surface area contributed by atoms with Crippen molar-refractivity contribution >= 4 is 11.9 Å². The molecule has 148 valence electrons. The number of amides is 1.